The van der Waals surface area contributed by atoms with Crippen molar-refractivity contribution in [1.82, 2.24) is 14.2 Å². The molecular formula is C13H16FN3OS. The van der Waals surface area contributed by atoms with Gasteiger partial charge in [-0.1, -0.05) is 11.9 Å². The summed E-state index contributed by atoms with van der Waals surface area (Å²) in [5.41, 5.74) is 0.637. The topological polar surface area (TPSA) is 36.4 Å². The lowest BCUT2D eigenvalue weighted by Gasteiger charge is -2.55. The standard InChI is InChI=1S/C13H16FN3OS/c1-19-16-7-11-5-12(8-16)17(11)13(18)4-10-3-2-9(14)6-15-10/h2-3,6,11-12H,4-5,7-8H2,1H3. The van der Waals surface area contributed by atoms with E-state index in [2.05, 4.69) is 15.5 Å². The number of hydrogen-bond acceptors (Lipinski definition) is 4. The lowest BCUT2D eigenvalue weighted by Crippen LogP contribution is -2.69. The molecular weight excluding hydrogens is 265 g/mol. The second kappa shape index (κ2) is 5.09. The van der Waals surface area contributed by atoms with Gasteiger partial charge < -0.3 is 4.90 Å². The van der Waals surface area contributed by atoms with E-state index in [0.717, 1.165) is 25.7 Å². The Labute approximate surface area is 116 Å². The Morgan fingerprint density at radius 3 is 2.79 bits per heavy atom. The molecule has 6 heteroatoms. The molecule has 1 aromatic rings. The molecule has 3 aliphatic rings. The van der Waals surface area contributed by atoms with Crippen LogP contribution in [0.4, 0.5) is 4.39 Å². The van der Waals surface area contributed by atoms with Crippen LogP contribution in [-0.4, -0.2) is 51.5 Å². The number of piperidine rings is 1. The van der Waals surface area contributed by atoms with Crippen molar-refractivity contribution in [2.45, 2.75) is 24.9 Å². The third kappa shape index (κ3) is 2.47. The second-order valence-corrected chi connectivity index (χ2v) is 5.90. The lowest BCUT2D eigenvalue weighted by atomic mass is 9.88. The number of piperazine rings is 1. The molecule has 0 radical (unpaired) electrons. The largest absolute Gasteiger partial charge is 0.334 e. The van der Waals surface area contributed by atoms with Crippen LogP contribution in [0.3, 0.4) is 0 Å². The first-order valence-electron chi connectivity index (χ1n) is 6.38. The van der Waals surface area contributed by atoms with Gasteiger partial charge in [0, 0.05) is 30.9 Å². The smallest absolute Gasteiger partial charge is 0.229 e. The quantitative estimate of drug-likeness (QED) is 0.783. The SMILES string of the molecule is CSN1CC2CC(C1)N2C(=O)Cc1ccc(F)cn1. The van der Waals surface area contributed by atoms with Gasteiger partial charge in [-0.15, -0.1) is 0 Å². The van der Waals surface area contributed by atoms with Crippen LogP contribution in [0, 0.1) is 5.82 Å². The minimum Gasteiger partial charge on any atom is -0.334 e. The fourth-order valence-corrected chi connectivity index (χ4v) is 3.53. The molecule has 3 fully saturated rings. The van der Waals surface area contributed by atoms with Gasteiger partial charge in [-0.3, -0.25) is 9.78 Å². The van der Waals surface area contributed by atoms with Crippen LogP contribution < -0.4 is 0 Å². The predicted octanol–water partition coefficient (Wildman–Crippen LogP) is 1.33. The van der Waals surface area contributed by atoms with Gasteiger partial charge >= 0.3 is 0 Å². The van der Waals surface area contributed by atoms with Crippen molar-refractivity contribution in [3.63, 3.8) is 0 Å². The maximum absolute atomic E-state index is 12.8. The van der Waals surface area contributed by atoms with Crippen molar-refractivity contribution >= 4 is 17.9 Å². The van der Waals surface area contributed by atoms with Crippen LogP contribution in [0.25, 0.3) is 0 Å². The molecule has 0 saturated carbocycles. The summed E-state index contributed by atoms with van der Waals surface area (Å²) in [5, 5.41) is 0. The minimum absolute atomic E-state index is 0.112. The molecule has 19 heavy (non-hydrogen) atoms. The Morgan fingerprint density at radius 1 is 1.47 bits per heavy atom. The van der Waals surface area contributed by atoms with E-state index in [-0.39, 0.29) is 18.1 Å². The molecule has 2 bridgehead atoms. The normalized spacial score (nSPS) is 26.1. The summed E-state index contributed by atoms with van der Waals surface area (Å²) < 4.78 is 15.1. The van der Waals surface area contributed by atoms with Gasteiger partial charge in [-0.25, -0.2) is 8.70 Å². The number of amides is 1. The second-order valence-electron chi connectivity index (χ2n) is 5.02. The maximum atomic E-state index is 12.8. The third-order valence-electron chi connectivity index (χ3n) is 3.83. The highest BCUT2D eigenvalue weighted by molar-refractivity contribution is 7.96. The van der Waals surface area contributed by atoms with Crippen molar-refractivity contribution in [3.8, 4) is 0 Å². The van der Waals surface area contributed by atoms with Crippen molar-refractivity contribution in [2.75, 3.05) is 19.3 Å². The summed E-state index contributed by atoms with van der Waals surface area (Å²) in [6, 6.07) is 3.62. The molecule has 3 saturated heterocycles. The molecule has 4 heterocycles. The van der Waals surface area contributed by atoms with E-state index in [1.807, 2.05) is 4.90 Å². The summed E-state index contributed by atoms with van der Waals surface area (Å²) in [6.07, 6.45) is 4.61. The number of carbonyl (C=O) groups is 1. The van der Waals surface area contributed by atoms with Gasteiger partial charge in [0.15, 0.2) is 0 Å². The van der Waals surface area contributed by atoms with E-state index in [9.17, 15) is 9.18 Å². The molecule has 0 N–H and O–H groups in total. The van der Waals surface area contributed by atoms with E-state index in [0.29, 0.717) is 17.8 Å². The van der Waals surface area contributed by atoms with Crippen LogP contribution in [0.5, 0.6) is 0 Å². The van der Waals surface area contributed by atoms with Crippen molar-refractivity contribution in [2.24, 2.45) is 0 Å². The highest BCUT2D eigenvalue weighted by Crippen LogP contribution is 2.34. The first-order chi connectivity index (χ1) is 9.17. The summed E-state index contributed by atoms with van der Waals surface area (Å²) in [6.45, 7) is 1.89. The average molecular weight is 281 g/mol. The van der Waals surface area contributed by atoms with Crippen molar-refractivity contribution < 1.29 is 9.18 Å². The number of fused-ring (bicyclic) bond motifs is 2. The molecule has 102 valence electrons. The number of rotatable bonds is 3. The number of aromatic nitrogens is 1. The summed E-state index contributed by atoms with van der Waals surface area (Å²) in [5.74, 6) is -0.256. The van der Waals surface area contributed by atoms with E-state index in [4.69, 9.17) is 0 Å². The third-order valence-corrected chi connectivity index (χ3v) is 4.64. The monoisotopic (exact) mass is 281 g/mol. The minimum atomic E-state index is -0.368. The summed E-state index contributed by atoms with van der Waals surface area (Å²) in [7, 11) is 0. The van der Waals surface area contributed by atoms with E-state index >= 15 is 0 Å². The molecule has 4 rings (SSSR count). The van der Waals surface area contributed by atoms with Gasteiger partial charge in [0.2, 0.25) is 5.91 Å². The van der Waals surface area contributed by atoms with Crippen LogP contribution in [-0.2, 0) is 11.2 Å². The number of pyridine rings is 1. The Hall–Kier alpha value is -1.14. The van der Waals surface area contributed by atoms with Crippen LogP contribution in [0.15, 0.2) is 18.3 Å². The predicted molar refractivity (Wildman–Crippen MR) is 72.0 cm³/mol. The fourth-order valence-electron chi connectivity index (χ4n) is 2.88. The number of hydrogen-bond donors (Lipinski definition) is 0. The molecule has 2 atom stereocenters. The van der Waals surface area contributed by atoms with Gasteiger partial charge in [0.25, 0.3) is 0 Å². The van der Waals surface area contributed by atoms with Crippen LogP contribution >= 0.6 is 11.9 Å². The molecule has 1 aromatic heterocycles. The fraction of sp³-hybridized carbons (Fsp3) is 0.538. The van der Waals surface area contributed by atoms with Crippen LogP contribution in [0.2, 0.25) is 0 Å². The molecule has 4 nitrogen and oxygen atoms in total. The van der Waals surface area contributed by atoms with E-state index in [1.54, 1.807) is 18.0 Å². The van der Waals surface area contributed by atoms with Gasteiger partial charge in [-0.2, -0.15) is 0 Å². The lowest BCUT2D eigenvalue weighted by molar-refractivity contribution is -0.149. The highest BCUT2D eigenvalue weighted by Gasteiger charge is 2.46. The Morgan fingerprint density at radius 2 is 2.21 bits per heavy atom. The van der Waals surface area contributed by atoms with Gasteiger partial charge in [0.1, 0.15) is 5.82 Å². The Balaban J connectivity index is 1.62. The average Bonchev–Trinajstić information content (AvgIpc) is 2.41. The summed E-state index contributed by atoms with van der Waals surface area (Å²) >= 11 is 1.74. The Bertz CT molecular complexity index is 469. The van der Waals surface area contributed by atoms with Gasteiger partial charge in [0.05, 0.1) is 12.6 Å². The van der Waals surface area contributed by atoms with E-state index in [1.165, 1.54) is 6.07 Å². The molecule has 0 aliphatic carbocycles. The zero-order valence-electron chi connectivity index (χ0n) is 10.8. The highest BCUT2D eigenvalue weighted by atomic mass is 32.2. The number of carbonyl (C=O) groups excluding carboxylic acids is 1. The molecule has 3 aliphatic heterocycles. The zero-order chi connectivity index (χ0) is 13.4. The first kappa shape index (κ1) is 12.9. The van der Waals surface area contributed by atoms with Gasteiger partial charge in [-0.05, 0) is 24.8 Å². The molecule has 2 unspecified atom stereocenters. The first-order valence-corrected chi connectivity index (χ1v) is 7.56. The van der Waals surface area contributed by atoms with Crippen molar-refractivity contribution in [3.05, 3.63) is 29.8 Å². The van der Waals surface area contributed by atoms with E-state index < -0.39 is 0 Å². The van der Waals surface area contributed by atoms with Crippen LogP contribution in [0.1, 0.15) is 12.1 Å². The molecule has 0 spiro atoms. The Kier molecular flexibility index (Phi) is 3.45. The number of halogens is 1. The van der Waals surface area contributed by atoms with Crippen molar-refractivity contribution in [1.29, 1.82) is 0 Å². The molecule has 1 amide bonds. The molecule has 0 aromatic carbocycles. The number of nitrogens with zero attached hydrogens (tertiary/aromatic N) is 3. The zero-order valence-corrected chi connectivity index (χ0v) is 11.6. The maximum Gasteiger partial charge on any atom is 0.229 e. The summed E-state index contributed by atoms with van der Waals surface area (Å²) in [4.78, 5) is 18.2.